The van der Waals surface area contributed by atoms with E-state index in [9.17, 15) is 13.2 Å². The molecule has 17 heavy (non-hydrogen) atoms. The van der Waals surface area contributed by atoms with Gasteiger partial charge in [-0.25, -0.2) is 13.2 Å². The van der Waals surface area contributed by atoms with Gasteiger partial charge in [-0.05, 0) is 17.7 Å². The number of hydrogen-bond donors (Lipinski definition) is 2. The predicted molar refractivity (Wildman–Crippen MR) is 65.5 cm³/mol. The fourth-order valence-corrected chi connectivity index (χ4v) is 2.14. The normalized spacial score (nSPS) is 10.9. The summed E-state index contributed by atoms with van der Waals surface area (Å²) in [5, 5.41) is 5.06. The van der Waals surface area contributed by atoms with Gasteiger partial charge in [-0.2, -0.15) is 0 Å². The second kappa shape index (κ2) is 5.67. The van der Waals surface area contributed by atoms with Crippen LogP contribution in [0.4, 0.5) is 4.79 Å². The second-order valence-corrected chi connectivity index (χ2v) is 5.76. The van der Waals surface area contributed by atoms with Gasteiger partial charge in [0, 0.05) is 13.6 Å². The summed E-state index contributed by atoms with van der Waals surface area (Å²) in [6, 6.07) is 6.23. The van der Waals surface area contributed by atoms with Crippen LogP contribution in [-0.4, -0.2) is 27.2 Å². The molecule has 0 aliphatic carbocycles. The molecule has 0 heterocycles. The number of nitrogens with one attached hydrogen (secondary N) is 2. The zero-order valence-electron chi connectivity index (χ0n) is 9.86. The summed E-state index contributed by atoms with van der Waals surface area (Å²) < 4.78 is 23.1. The molecule has 1 rings (SSSR count). The van der Waals surface area contributed by atoms with Crippen LogP contribution in [0.1, 0.15) is 12.5 Å². The van der Waals surface area contributed by atoms with Gasteiger partial charge in [0.2, 0.25) is 0 Å². The maximum atomic E-state index is 11.5. The molecule has 6 heteroatoms. The Kier molecular flexibility index (Phi) is 4.51. The van der Waals surface area contributed by atoms with Gasteiger partial charge in [-0.15, -0.1) is 0 Å². The van der Waals surface area contributed by atoms with Crippen LogP contribution in [0.3, 0.4) is 0 Å². The van der Waals surface area contributed by atoms with Crippen LogP contribution in [0.15, 0.2) is 29.2 Å². The zero-order valence-corrected chi connectivity index (χ0v) is 10.7. The minimum atomic E-state index is -3.15. The standard InChI is InChI=1S/C11H16N2O3S/c1-3-17(15,16)10-6-4-9(5-7-10)8-13-11(14)12-2/h4-7H,3,8H2,1-2H3,(H2,12,13,14). The SMILES string of the molecule is CCS(=O)(=O)c1ccc(CNC(=O)NC)cc1. The molecule has 0 saturated carbocycles. The Morgan fingerprint density at radius 2 is 1.82 bits per heavy atom. The summed E-state index contributed by atoms with van der Waals surface area (Å²) >= 11 is 0. The van der Waals surface area contributed by atoms with Crippen LogP contribution in [0.2, 0.25) is 0 Å². The summed E-state index contributed by atoms with van der Waals surface area (Å²) in [6.07, 6.45) is 0. The van der Waals surface area contributed by atoms with Crippen molar-refractivity contribution in [3.63, 3.8) is 0 Å². The highest BCUT2D eigenvalue weighted by molar-refractivity contribution is 7.91. The highest BCUT2D eigenvalue weighted by Crippen LogP contribution is 2.12. The fraction of sp³-hybridized carbons (Fsp3) is 0.364. The summed E-state index contributed by atoms with van der Waals surface area (Å²) in [5.74, 6) is 0.0861. The third-order valence-electron chi connectivity index (χ3n) is 2.34. The molecule has 94 valence electrons. The molecular formula is C11H16N2O3S. The number of hydrogen-bond acceptors (Lipinski definition) is 3. The van der Waals surface area contributed by atoms with E-state index in [0.29, 0.717) is 11.4 Å². The minimum absolute atomic E-state index is 0.0861. The molecule has 0 unspecified atom stereocenters. The Morgan fingerprint density at radius 1 is 1.24 bits per heavy atom. The number of urea groups is 1. The van der Waals surface area contributed by atoms with Crippen molar-refractivity contribution in [3.8, 4) is 0 Å². The molecule has 0 aliphatic heterocycles. The van der Waals surface area contributed by atoms with Gasteiger partial charge in [-0.3, -0.25) is 0 Å². The van der Waals surface area contributed by atoms with E-state index in [-0.39, 0.29) is 11.8 Å². The van der Waals surface area contributed by atoms with Crippen molar-refractivity contribution in [3.05, 3.63) is 29.8 Å². The van der Waals surface area contributed by atoms with Crippen LogP contribution in [0, 0.1) is 0 Å². The number of rotatable bonds is 4. The van der Waals surface area contributed by atoms with E-state index in [1.165, 1.54) is 7.05 Å². The van der Waals surface area contributed by atoms with E-state index in [2.05, 4.69) is 10.6 Å². The number of benzene rings is 1. The lowest BCUT2D eigenvalue weighted by atomic mass is 10.2. The molecule has 1 aromatic rings. The van der Waals surface area contributed by atoms with Crippen LogP contribution in [0.5, 0.6) is 0 Å². The van der Waals surface area contributed by atoms with Gasteiger partial charge in [0.05, 0.1) is 10.6 Å². The van der Waals surface area contributed by atoms with Crippen molar-refractivity contribution in [2.45, 2.75) is 18.4 Å². The van der Waals surface area contributed by atoms with Gasteiger partial charge < -0.3 is 10.6 Å². The van der Waals surface area contributed by atoms with Crippen LogP contribution < -0.4 is 10.6 Å². The third-order valence-corrected chi connectivity index (χ3v) is 4.09. The second-order valence-electron chi connectivity index (χ2n) is 3.48. The molecule has 0 bridgehead atoms. The highest BCUT2D eigenvalue weighted by atomic mass is 32.2. The lowest BCUT2D eigenvalue weighted by Gasteiger charge is -2.06. The largest absolute Gasteiger partial charge is 0.341 e. The molecule has 2 N–H and O–H groups in total. The zero-order chi connectivity index (χ0) is 12.9. The average molecular weight is 256 g/mol. The van der Waals surface area contributed by atoms with Crippen molar-refractivity contribution < 1.29 is 13.2 Å². The van der Waals surface area contributed by atoms with Gasteiger partial charge in [-0.1, -0.05) is 19.1 Å². The monoisotopic (exact) mass is 256 g/mol. The molecule has 0 radical (unpaired) electrons. The van der Waals surface area contributed by atoms with Gasteiger partial charge in [0.25, 0.3) is 0 Å². The van der Waals surface area contributed by atoms with Crippen LogP contribution in [0.25, 0.3) is 0 Å². The summed E-state index contributed by atoms with van der Waals surface area (Å²) in [4.78, 5) is 11.2. The molecule has 2 amide bonds. The third kappa shape index (κ3) is 3.74. The van der Waals surface area contributed by atoms with E-state index < -0.39 is 9.84 Å². The summed E-state index contributed by atoms with van der Waals surface area (Å²) in [6.45, 7) is 1.97. The summed E-state index contributed by atoms with van der Waals surface area (Å²) in [5.41, 5.74) is 0.851. The van der Waals surface area contributed by atoms with Crippen molar-refractivity contribution >= 4 is 15.9 Å². The Bertz CT molecular complexity index is 480. The fourth-order valence-electron chi connectivity index (χ4n) is 1.25. The summed E-state index contributed by atoms with van der Waals surface area (Å²) in [7, 11) is -1.62. The maximum Gasteiger partial charge on any atom is 0.314 e. The molecule has 0 fully saturated rings. The first-order valence-corrected chi connectivity index (χ1v) is 6.92. The quantitative estimate of drug-likeness (QED) is 0.840. The van der Waals surface area contributed by atoms with Crippen LogP contribution in [-0.2, 0) is 16.4 Å². The molecule has 0 aliphatic rings. The van der Waals surface area contributed by atoms with Gasteiger partial charge in [0.15, 0.2) is 9.84 Å². The lowest BCUT2D eigenvalue weighted by molar-refractivity contribution is 0.242. The number of sulfone groups is 1. The van der Waals surface area contributed by atoms with E-state index in [1.807, 2.05) is 0 Å². The first-order chi connectivity index (χ1) is 7.99. The van der Waals surface area contributed by atoms with Gasteiger partial charge in [0.1, 0.15) is 0 Å². The van der Waals surface area contributed by atoms with Crippen molar-refractivity contribution in [2.75, 3.05) is 12.8 Å². The Balaban J connectivity index is 2.72. The van der Waals surface area contributed by atoms with Crippen LogP contribution >= 0.6 is 0 Å². The first-order valence-electron chi connectivity index (χ1n) is 5.27. The molecule has 5 nitrogen and oxygen atoms in total. The molecule has 0 spiro atoms. The minimum Gasteiger partial charge on any atom is -0.341 e. The Labute approximate surface area is 101 Å². The van der Waals surface area contributed by atoms with Gasteiger partial charge >= 0.3 is 6.03 Å². The van der Waals surface area contributed by atoms with E-state index in [1.54, 1.807) is 31.2 Å². The predicted octanol–water partition coefficient (Wildman–Crippen LogP) is 0.909. The smallest absolute Gasteiger partial charge is 0.314 e. The molecule has 0 saturated heterocycles. The van der Waals surface area contributed by atoms with E-state index >= 15 is 0 Å². The first kappa shape index (κ1) is 13.5. The van der Waals surface area contributed by atoms with Crippen molar-refractivity contribution in [1.82, 2.24) is 10.6 Å². The molecule has 1 aromatic carbocycles. The van der Waals surface area contributed by atoms with Crippen molar-refractivity contribution in [2.24, 2.45) is 0 Å². The number of carbonyl (C=O) groups is 1. The highest BCUT2D eigenvalue weighted by Gasteiger charge is 2.10. The Hall–Kier alpha value is -1.56. The van der Waals surface area contributed by atoms with E-state index in [4.69, 9.17) is 0 Å². The van der Waals surface area contributed by atoms with E-state index in [0.717, 1.165) is 5.56 Å². The molecule has 0 aromatic heterocycles. The number of amides is 2. The Morgan fingerprint density at radius 3 is 2.29 bits per heavy atom. The molecule has 0 atom stereocenters. The topological polar surface area (TPSA) is 75.3 Å². The van der Waals surface area contributed by atoms with Crippen molar-refractivity contribution in [1.29, 1.82) is 0 Å². The lowest BCUT2D eigenvalue weighted by Crippen LogP contribution is -2.32. The maximum absolute atomic E-state index is 11.5. The number of carbonyl (C=O) groups excluding carboxylic acids is 1. The molecular weight excluding hydrogens is 240 g/mol. The average Bonchev–Trinajstić information content (AvgIpc) is 2.36.